The average molecular weight is 769 g/mol. The van der Waals surface area contributed by atoms with E-state index in [1.807, 2.05) is 121 Å². The maximum Gasteiger partial charge on any atom is 0.238 e. The molecule has 12 aromatic rings. The van der Waals surface area contributed by atoms with Crippen LogP contribution >= 0.6 is 0 Å². The van der Waals surface area contributed by atoms with E-state index >= 15 is 0 Å². The van der Waals surface area contributed by atoms with Crippen LogP contribution in [0.3, 0.4) is 0 Å². The van der Waals surface area contributed by atoms with Gasteiger partial charge in [-0.1, -0.05) is 176 Å². The predicted molar refractivity (Wildman–Crippen MR) is 241 cm³/mol. The number of aromatic nitrogens is 8. The van der Waals surface area contributed by atoms with Crippen molar-refractivity contribution in [3.63, 3.8) is 0 Å². The van der Waals surface area contributed by atoms with E-state index in [4.69, 9.17) is 29.9 Å². The molecular weight excluding hydrogens is 737 g/mol. The summed E-state index contributed by atoms with van der Waals surface area (Å²) in [5, 5.41) is 6.48. The Hall–Kier alpha value is -8.36. The first-order chi connectivity index (χ1) is 29.7. The first kappa shape index (κ1) is 33.7. The van der Waals surface area contributed by atoms with E-state index in [1.54, 1.807) is 0 Å². The van der Waals surface area contributed by atoms with Crippen LogP contribution in [0.4, 0.5) is 0 Å². The molecule has 280 valence electrons. The smallest absolute Gasteiger partial charge is 0.238 e. The highest BCUT2D eigenvalue weighted by Crippen LogP contribution is 2.41. The van der Waals surface area contributed by atoms with Gasteiger partial charge in [0, 0.05) is 49.2 Å². The fourth-order valence-corrected chi connectivity index (χ4v) is 8.46. The van der Waals surface area contributed by atoms with E-state index in [2.05, 4.69) is 81.9 Å². The van der Waals surface area contributed by atoms with Crippen LogP contribution in [0, 0.1) is 0 Å². The van der Waals surface area contributed by atoms with Gasteiger partial charge in [0.15, 0.2) is 23.3 Å². The van der Waals surface area contributed by atoms with Crippen LogP contribution in [0.2, 0.25) is 0 Å². The molecule has 8 nitrogen and oxygen atoms in total. The highest BCUT2D eigenvalue weighted by atomic mass is 15.2. The fourth-order valence-electron chi connectivity index (χ4n) is 8.46. The summed E-state index contributed by atoms with van der Waals surface area (Å²) in [6.07, 6.45) is 0. The molecule has 8 heteroatoms. The number of nitrogens with zero attached hydrogens (tertiary/aromatic N) is 8. The lowest BCUT2D eigenvalue weighted by Crippen LogP contribution is -2.07. The number of fused-ring (bicyclic) bond motifs is 8. The number of hydrogen-bond acceptors (Lipinski definition) is 6. The Morgan fingerprint density at radius 2 is 0.667 bits per heavy atom. The van der Waals surface area contributed by atoms with Crippen molar-refractivity contribution in [2.24, 2.45) is 0 Å². The molecule has 0 radical (unpaired) electrons. The molecule has 0 aliphatic rings. The summed E-state index contributed by atoms with van der Waals surface area (Å²) in [7, 11) is 0. The lowest BCUT2D eigenvalue weighted by atomic mass is 10.0. The van der Waals surface area contributed by atoms with Gasteiger partial charge in [0.05, 0.1) is 22.1 Å². The zero-order valence-electron chi connectivity index (χ0n) is 32.1. The Labute approximate surface area is 343 Å². The van der Waals surface area contributed by atoms with Crippen molar-refractivity contribution < 1.29 is 0 Å². The molecule has 0 amide bonds. The highest BCUT2D eigenvalue weighted by molar-refractivity contribution is 6.23. The van der Waals surface area contributed by atoms with E-state index in [1.165, 1.54) is 0 Å². The summed E-state index contributed by atoms with van der Waals surface area (Å²) in [5.74, 6) is 3.50. The van der Waals surface area contributed by atoms with Crippen molar-refractivity contribution in [2.45, 2.75) is 0 Å². The van der Waals surface area contributed by atoms with E-state index < -0.39 is 0 Å². The van der Waals surface area contributed by atoms with Gasteiger partial charge in [-0.05, 0) is 23.6 Å². The Balaban J connectivity index is 1.20. The van der Waals surface area contributed by atoms with Gasteiger partial charge >= 0.3 is 0 Å². The lowest BCUT2D eigenvalue weighted by Gasteiger charge is -2.12. The van der Waals surface area contributed by atoms with Gasteiger partial charge in [-0.15, -0.1) is 0 Å². The SMILES string of the molecule is c1ccc(-c2nc(-c3ccccc3)nc(-n3c4ccccc4c4cc5c(cc43)c3ccc4ccccc4c3n5-c3nc(-c4ccccc4)nc(-c4ccccc4)n3)n2)cc1. The molecule has 0 bridgehead atoms. The monoisotopic (exact) mass is 768 g/mol. The van der Waals surface area contributed by atoms with Crippen LogP contribution in [0.5, 0.6) is 0 Å². The van der Waals surface area contributed by atoms with Crippen molar-refractivity contribution in [1.82, 2.24) is 39.0 Å². The van der Waals surface area contributed by atoms with E-state index in [0.717, 1.165) is 76.6 Å². The van der Waals surface area contributed by atoms with E-state index in [9.17, 15) is 0 Å². The molecule has 0 spiro atoms. The predicted octanol–water partition coefficient (Wildman–Crippen LogP) is 12.1. The molecule has 0 N–H and O–H groups in total. The van der Waals surface area contributed by atoms with E-state index in [-0.39, 0.29) is 0 Å². The number of hydrogen-bond donors (Lipinski definition) is 0. The first-order valence-corrected chi connectivity index (χ1v) is 19.9. The van der Waals surface area contributed by atoms with Crippen LogP contribution in [0.1, 0.15) is 0 Å². The minimum atomic E-state index is 0.541. The largest absolute Gasteiger partial charge is 0.278 e. The highest BCUT2D eigenvalue weighted by Gasteiger charge is 2.24. The quantitative estimate of drug-likeness (QED) is 0.167. The van der Waals surface area contributed by atoms with Gasteiger partial charge < -0.3 is 0 Å². The molecule has 0 aliphatic heterocycles. The summed E-state index contributed by atoms with van der Waals surface area (Å²) < 4.78 is 4.40. The van der Waals surface area contributed by atoms with Gasteiger partial charge in [-0.2, -0.15) is 19.9 Å². The lowest BCUT2D eigenvalue weighted by molar-refractivity contribution is 0.952. The van der Waals surface area contributed by atoms with Crippen LogP contribution in [0.25, 0.3) is 112 Å². The molecule has 4 heterocycles. The Morgan fingerprint density at radius 1 is 0.267 bits per heavy atom. The standard InChI is InChI=1S/C52H32N8/c1-5-18-34(19-6-1)47-53-48(35-20-7-2-8-21-35)56-51(55-47)59-43-28-16-15-27-39(43)41-31-45-42(32-44(41)59)40-30-29-33-17-13-14-26-38(33)46(40)60(45)52-57-49(36-22-9-3-10-23-36)54-50(58-52)37-24-11-4-12-25-37/h1-32H. The second-order valence-electron chi connectivity index (χ2n) is 14.8. The van der Waals surface area contributed by atoms with Gasteiger partial charge in [-0.3, -0.25) is 9.13 Å². The molecule has 12 rings (SSSR count). The number of rotatable bonds is 6. The van der Waals surface area contributed by atoms with Gasteiger partial charge in [0.25, 0.3) is 0 Å². The third-order valence-corrected chi connectivity index (χ3v) is 11.2. The molecule has 60 heavy (non-hydrogen) atoms. The minimum Gasteiger partial charge on any atom is -0.278 e. The summed E-state index contributed by atoms with van der Waals surface area (Å²) in [6.45, 7) is 0. The minimum absolute atomic E-state index is 0.541. The normalized spacial score (nSPS) is 11.7. The van der Waals surface area contributed by atoms with Gasteiger partial charge in [0.1, 0.15) is 0 Å². The summed E-state index contributed by atoms with van der Waals surface area (Å²) in [4.78, 5) is 30.9. The second kappa shape index (κ2) is 13.6. The Kier molecular flexibility index (Phi) is 7.67. The maximum atomic E-state index is 5.26. The third-order valence-electron chi connectivity index (χ3n) is 11.2. The molecule has 4 aromatic heterocycles. The molecule has 0 saturated heterocycles. The molecule has 0 unspecified atom stereocenters. The third kappa shape index (κ3) is 5.46. The van der Waals surface area contributed by atoms with Gasteiger partial charge in [-0.25, -0.2) is 9.97 Å². The zero-order chi connectivity index (χ0) is 39.6. The fraction of sp³-hybridized carbons (Fsp3) is 0. The van der Waals surface area contributed by atoms with Crippen molar-refractivity contribution in [3.05, 3.63) is 194 Å². The zero-order valence-corrected chi connectivity index (χ0v) is 32.1. The van der Waals surface area contributed by atoms with E-state index in [0.29, 0.717) is 35.2 Å². The second-order valence-corrected chi connectivity index (χ2v) is 14.8. The van der Waals surface area contributed by atoms with Crippen molar-refractivity contribution in [2.75, 3.05) is 0 Å². The first-order valence-electron chi connectivity index (χ1n) is 19.9. The Bertz CT molecular complexity index is 3470. The molecule has 0 aliphatic carbocycles. The van der Waals surface area contributed by atoms with Crippen molar-refractivity contribution in [3.8, 4) is 57.4 Å². The molecule has 0 fully saturated rings. The summed E-state index contributed by atoms with van der Waals surface area (Å²) in [6, 6.07) is 66.4. The molecular formula is C52H32N8. The molecule has 8 aromatic carbocycles. The van der Waals surface area contributed by atoms with Crippen molar-refractivity contribution >= 4 is 54.4 Å². The maximum absolute atomic E-state index is 5.26. The Morgan fingerprint density at radius 3 is 1.18 bits per heavy atom. The summed E-state index contributed by atoms with van der Waals surface area (Å²) in [5.41, 5.74) is 7.62. The van der Waals surface area contributed by atoms with Gasteiger partial charge in [0.2, 0.25) is 11.9 Å². The van der Waals surface area contributed by atoms with Crippen molar-refractivity contribution in [1.29, 1.82) is 0 Å². The average Bonchev–Trinajstić information content (AvgIpc) is 3.84. The summed E-state index contributed by atoms with van der Waals surface area (Å²) >= 11 is 0. The van der Waals surface area contributed by atoms with Crippen LogP contribution < -0.4 is 0 Å². The van der Waals surface area contributed by atoms with Crippen LogP contribution in [0.15, 0.2) is 194 Å². The van der Waals surface area contributed by atoms with Crippen LogP contribution in [-0.4, -0.2) is 39.0 Å². The molecule has 0 atom stereocenters. The van der Waals surface area contributed by atoms with Crippen LogP contribution in [-0.2, 0) is 0 Å². The number of para-hydroxylation sites is 1. The number of benzene rings is 8. The topological polar surface area (TPSA) is 87.2 Å². The molecule has 0 saturated carbocycles.